The highest BCUT2D eigenvalue weighted by molar-refractivity contribution is 5.96. The molecule has 0 amide bonds. The van der Waals surface area contributed by atoms with Crippen molar-refractivity contribution in [2.75, 3.05) is 0 Å². The predicted octanol–water partition coefficient (Wildman–Crippen LogP) is 3.51. The lowest BCUT2D eigenvalue weighted by Crippen LogP contribution is -2.10. The lowest BCUT2D eigenvalue weighted by molar-refractivity contribution is 1.13. The summed E-state index contributed by atoms with van der Waals surface area (Å²) in [4.78, 5) is 0. The smallest absolute Gasteiger partial charge is 0.122 e. The van der Waals surface area contributed by atoms with Crippen molar-refractivity contribution in [1.29, 1.82) is 5.41 Å². The van der Waals surface area contributed by atoms with Gasteiger partial charge >= 0.3 is 0 Å². The second-order valence-corrected chi connectivity index (χ2v) is 4.56. The minimum absolute atomic E-state index is 0.111. The second-order valence-electron chi connectivity index (χ2n) is 4.56. The zero-order valence-electron chi connectivity index (χ0n) is 10.8. The molecule has 3 N–H and O–H groups in total. The van der Waals surface area contributed by atoms with E-state index in [2.05, 4.69) is 38.1 Å². The van der Waals surface area contributed by atoms with Crippen LogP contribution in [0.25, 0.3) is 11.1 Å². The highest BCUT2D eigenvalue weighted by atomic mass is 14.7. The summed E-state index contributed by atoms with van der Waals surface area (Å²) in [5.74, 6) is 0.111. The molecule has 2 nitrogen and oxygen atoms in total. The van der Waals surface area contributed by atoms with Gasteiger partial charge in [-0.25, -0.2) is 0 Å². The van der Waals surface area contributed by atoms with Gasteiger partial charge in [0.15, 0.2) is 0 Å². The van der Waals surface area contributed by atoms with Gasteiger partial charge < -0.3 is 5.73 Å². The number of nitrogen functional groups attached to an aromatic ring is 1. The second kappa shape index (κ2) is 5.05. The van der Waals surface area contributed by atoms with Crippen molar-refractivity contribution in [3.63, 3.8) is 0 Å². The Bertz CT molecular complexity index is 585. The van der Waals surface area contributed by atoms with Crippen molar-refractivity contribution in [3.05, 3.63) is 59.2 Å². The fourth-order valence-corrected chi connectivity index (χ4v) is 2.10. The van der Waals surface area contributed by atoms with Crippen LogP contribution in [-0.4, -0.2) is 5.84 Å². The summed E-state index contributed by atoms with van der Waals surface area (Å²) < 4.78 is 0. The maximum absolute atomic E-state index is 7.49. The SMILES string of the molecule is CCc1cc(C)cc(-c2cccc(C(=N)N)c2)c1. The maximum Gasteiger partial charge on any atom is 0.122 e. The van der Waals surface area contributed by atoms with Crippen molar-refractivity contribution >= 4 is 5.84 Å². The first-order valence-corrected chi connectivity index (χ1v) is 6.15. The first-order valence-electron chi connectivity index (χ1n) is 6.15. The quantitative estimate of drug-likeness (QED) is 0.624. The Labute approximate surface area is 108 Å². The fraction of sp³-hybridized carbons (Fsp3) is 0.188. The number of nitrogens with two attached hydrogens (primary N) is 1. The number of hydrogen-bond donors (Lipinski definition) is 2. The normalized spacial score (nSPS) is 10.3. The van der Waals surface area contributed by atoms with E-state index >= 15 is 0 Å². The van der Waals surface area contributed by atoms with Crippen LogP contribution in [0.3, 0.4) is 0 Å². The number of amidine groups is 1. The van der Waals surface area contributed by atoms with Gasteiger partial charge in [-0.2, -0.15) is 0 Å². The molecule has 0 atom stereocenters. The van der Waals surface area contributed by atoms with Crippen LogP contribution in [0.15, 0.2) is 42.5 Å². The minimum Gasteiger partial charge on any atom is -0.384 e. The van der Waals surface area contributed by atoms with Crippen LogP contribution in [0.2, 0.25) is 0 Å². The lowest BCUT2D eigenvalue weighted by atomic mass is 9.98. The maximum atomic E-state index is 7.49. The summed E-state index contributed by atoms with van der Waals surface area (Å²) in [5.41, 5.74) is 11.2. The highest BCUT2D eigenvalue weighted by Crippen LogP contribution is 2.23. The molecule has 2 rings (SSSR count). The number of benzene rings is 2. The van der Waals surface area contributed by atoms with Crippen molar-refractivity contribution in [2.24, 2.45) is 5.73 Å². The number of hydrogen-bond acceptors (Lipinski definition) is 1. The van der Waals surface area contributed by atoms with Crippen molar-refractivity contribution in [1.82, 2.24) is 0 Å². The predicted molar refractivity (Wildman–Crippen MR) is 77.0 cm³/mol. The molecule has 0 aliphatic heterocycles. The molecular weight excluding hydrogens is 220 g/mol. The minimum atomic E-state index is 0.111. The van der Waals surface area contributed by atoms with Gasteiger partial charge in [-0.3, -0.25) is 5.41 Å². The van der Waals surface area contributed by atoms with Crippen molar-refractivity contribution in [2.45, 2.75) is 20.3 Å². The molecule has 0 heterocycles. The van der Waals surface area contributed by atoms with Crippen LogP contribution < -0.4 is 5.73 Å². The first-order chi connectivity index (χ1) is 8.60. The summed E-state index contributed by atoms with van der Waals surface area (Å²) in [6, 6.07) is 14.4. The van der Waals surface area contributed by atoms with Crippen LogP contribution in [0.4, 0.5) is 0 Å². The summed E-state index contributed by atoms with van der Waals surface area (Å²) in [7, 11) is 0. The van der Waals surface area contributed by atoms with Gasteiger partial charge in [0.25, 0.3) is 0 Å². The molecule has 0 saturated carbocycles. The summed E-state index contributed by atoms with van der Waals surface area (Å²) in [6.07, 6.45) is 1.03. The zero-order valence-corrected chi connectivity index (χ0v) is 10.8. The van der Waals surface area contributed by atoms with Crippen LogP contribution in [0, 0.1) is 12.3 Å². The molecule has 0 unspecified atom stereocenters. The van der Waals surface area contributed by atoms with Crippen LogP contribution >= 0.6 is 0 Å². The van der Waals surface area contributed by atoms with Crippen molar-refractivity contribution < 1.29 is 0 Å². The van der Waals surface area contributed by atoms with E-state index in [1.165, 1.54) is 16.7 Å². The molecular formula is C16H18N2. The van der Waals surface area contributed by atoms with E-state index in [4.69, 9.17) is 11.1 Å². The third-order valence-electron chi connectivity index (χ3n) is 3.05. The summed E-state index contributed by atoms with van der Waals surface area (Å²) >= 11 is 0. The average molecular weight is 238 g/mol. The number of nitrogens with one attached hydrogen (secondary N) is 1. The Morgan fingerprint density at radius 2 is 1.89 bits per heavy atom. The Kier molecular flexibility index (Phi) is 3.47. The lowest BCUT2D eigenvalue weighted by Gasteiger charge is -2.08. The molecule has 0 aliphatic rings. The number of rotatable bonds is 3. The Balaban J connectivity index is 2.51. The van der Waals surface area contributed by atoms with Gasteiger partial charge in [0, 0.05) is 5.56 Å². The molecule has 0 bridgehead atoms. The molecule has 2 aromatic carbocycles. The molecule has 0 saturated heterocycles. The van der Waals surface area contributed by atoms with E-state index in [0.717, 1.165) is 17.5 Å². The first kappa shape index (κ1) is 12.4. The van der Waals surface area contributed by atoms with Crippen molar-refractivity contribution in [3.8, 4) is 11.1 Å². The molecule has 2 aromatic rings. The summed E-state index contributed by atoms with van der Waals surface area (Å²) in [6.45, 7) is 4.27. The van der Waals surface area contributed by atoms with Gasteiger partial charge in [-0.05, 0) is 36.1 Å². The fourth-order valence-electron chi connectivity index (χ4n) is 2.10. The molecule has 18 heavy (non-hydrogen) atoms. The Hall–Kier alpha value is -2.09. The molecule has 0 fully saturated rings. The average Bonchev–Trinajstić information content (AvgIpc) is 2.38. The van der Waals surface area contributed by atoms with Crippen LogP contribution in [0.5, 0.6) is 0 Å². The highest BCUT2D eigenvalue weighted by Gasteiger charge is 2.03. The van der Waals surface area contributed by atoms with Gasteiger partial charge in [0.2, 0.25) is 0 Å². The molecule has 92 valence electrons. The Morgan fingerprint density at radius 1 is 1.11 bits per heavy atom. The van der Waals surface area contributed by atoms with E-state index < -0.39 is 0 Å². The molecule has 2 heteroatoms. The zero-order chi connectivity index (χ0) is 13.1. The van der Waals surface area contributed by atoms with E-state index in [1.807, 2.05) is 18.2 Å². The van der Waals surface area contributed by atoms with Gasteiger partial charge in [-0.15, -0.1) is 0 Å². The molecule has 0 aromatic heterocycles. The third kappa shape index (κ3) is 2.59. The third-order valence-corrected chi connectivity index (χ3v) is 3.05. The van der Waals surface area contributed by atoms with E-state index in [9.17, 15) is 0 Å². The van der Waals surface area contributed by atoms with E-state index in [0.29, 0.717) is 0 Å². The van der Waals surface area contributed by atoms with Gasteiger partial charge in [-0.1, -0.05) is 48.9 Å². The van der Waals surface area contributed by atoms with Gasteiger partial charge in [0.05, 0.1) is 0 Å². The van der Waals surface area contributed by atoms with Crippen LogP contribution in [-0.2, 0) is 6.42 Å². The van der Waals surface area contributed by atoms with E-state index in [-0.39, 0.29) is 5.84 Å². The molecule has 0 spiro atoms. The monoisotopic (exact) mass is 238 g/mol. The summed E-state index contributed by atoms with van der Waals surface area (Å²) in [5, 5.41) is 7.49. The van der Waals surface area contributed by atoms with Gasteiger partial charge in [0.1, 0.15) is 5.84 Å². The number of aryl methyl sites for hydroxylation is 2. The van der Waals surface area contributed by atoms with Crippen LogP contribution in [0.1, 0.15) is 23.6 Å². The molecule has 0 aliphatic carbocycles. The standard InChI is InChI=1S/C16H18N2/c1-3-12-7-11(2)8-15(9-12)13-5-4-6-14(10-13)16(17)18/h4-10H,3H2,1-2H3,(H3,17,18). The largest absolute Gasteiger partial charge is 0.384 e. The topological polar surface area (TPSA) is 49.9 Å². The molecule has 0 radical (unpaired) electrons. The van der Waals surface area contributed by atoms with E-state index in [1.54, 1.807) is 0 Å². The Morgan fingerprint density at radius 3 is 2.56 bits per heavy atom.